The second-order valence-electron chi connectivity index (χ2n) is 4.94. The van der Waals surface area contributed by atoms with Crippen molar-refractivity contribution in [2.24, 2.45) is 5.73 Å². The average Bonchev–Trinajstić information content (AvgIpc) is 2.35. The van der Waals surface area contributed by atoms with Crippen LogP contribution in [0.25, 0.3) is 0 Å². The molecule has 1 saturated carbocycles. The summed E-state index contributed by atoms with van der Waals surface area (Å²) in [5, 5.41) is 3.65. The van der Waals surface area contributed by atoms with Crippen LogP contribution in [0.15, 0.2) is 18.2 Å². The second kappa shape index (κ2) is 5.72. The van der Waals surface area contributed by atoms with Gasteiger partial charge in [-0.2, -0.15) is 0 Å². The van der Waals surface area contributed by atoms with Crippen LogP contribution >= 0.6 is 11.6 Å². The number of rotatable bonds is 2. The molecule has 0 aromatic heterocycles. The molecule has 3 N–H and O–H groups in total. The molecule has 0 unspecified atom stereocenters. The third-order valence-electron chi connectivity index (χ3n) is 3.65. The molecule has 0 bridgehead atoms. The minimum absolute atomic E-state index is 0.0715. The Hall–Kier alpha value is -1.06. The highest BCUT2D eigenvalue weighted by molar-refractivity contribution is 6.31. The fourth-order valence-corrected chi connectivity index (χ4v) is 2.61. The van der Waals surface area contributed by atoms with Gasteiger partial charge in [0.2, 0.25) is 0 Å². The van der Waals surface area contributed by atoms with Gasteiger partial charge in [0, 0.05) is 22.7 Å². The Morgan fingerprint density at radius 3 is 2.83 bits per heavy atom. The van der Waals surface area contributed by atoms with Gasteiger partial charge >= 0.3 is 0 Å². The molecule has 0 heterocycles. The minimum atomic E-state index is -0.0719. The van der Waals surface area contributed by atoms with Crippen molar-refractivity contribution < 1.29 is 4.79 Å². The van der Waals surface area contributed by atoms with Crippen LogP contribution in [0.3, 0.4) is 0 Å². The molecule has 18 heavy (non-hydrogen) atoms. The van der Waals surface area contributed by atoms with Crippen molar-refractivity contribution in [3.8, 4) is 0 Å². The first-order valence-electron chi connectivity index (χ1n) is 6.41. The number of nitrogens with two attached hydrogens (primary N) is 1. The Bertz CT molecular complexity index is 447. The maximum Gasteiger partial charge on any atom is 0.251 e. The van der Waals surface area contributed by atoms with Crippen molar-refractivity contribution in [1.29, 1.82) is 0 Å². The number of halogens is 1. The van der Waals surface area contributed by atoms with E-state index in [9.17, 15) is 4.79 Å². The minimum Gasteiger partial charge on any atom is -0.348 e. The van der Waals surface area contributed by atoms with E-state index in [1.54, 1.807) is 18.2 Å². The topological polar surface area (TPSA) is 55.1 Å². The van der Waals surface area contributed by atoms with Gasteiger partial charge in [-0.3, -0.25) is 4.79 Å². The van der Waals surface area contributed by atoms with Crippen LogP contribution in [0.1, 0.15) is 41.6 Å². The van der Waals surface area contributed by atoms with Crippen LogP contribution in [-0.4, -0.2) is 18.0 Å². The molecule has 3 nitrogen and oxygen atoms in total. The average molecular weight is 267 g/mol. The molecule has 1 amide bonds. The Morgan fingerprint density at radius 2 is 2.11 bits per heavy atom. The normalized spacial score (nSPS) is 23.7. The van der Waals surface area contributed by atoms with Crippen LogP contribution in [0.4, 0.5) is 0 Å². The molecule has 0 aliphatic heterocycles. The van der Waals surface area contributed by atoms with Crippen molar-refractivity contribution in [2.45, 2.75) is 44.7 Å². The molecule has 1 aromatic carbocycles. The zero-order chi connectivity index (χ0) is 13.1. The van der Waals surface area contributed by atoms with Crippen molar-refractivity contribution in [2.75, 3.05) is 0 Å². The van der Waals surface area contributed by atoms with Crippen molar-refractivity contribution in [1.82, 2.24) is 5.32 Å². The fraction of sp³-hybridized carbons (Fsp3) is 0.500. The summed E-state index contributed by atoms with van der Waals surface area (Å²) in [6.45, 7) is 1.86. The van der Waals surface area contributed by atoms with E-state index < -0.39 is 0 Å². The van der Waals surface area contributed by atoms with E-state index in [1.165, 1.54) is 0 Å². The first-order valence-corrected chi connectivity index (χ1v) is 6.79. The molecule has 0 spiro atoms. The Labute approximate surface area is 113 Å². The predicted octanol–water partition coefficient (Wildman–Crippen LogP) is 2.65. The third-order valence-corrected chi connectivity index (χ3v) is 4.06. The summed E-state index contributed by atoms with van der Waals surface area (Å²) in [5.74, 6) is -0.0719. The van der Waals surface area contributed by atoms with Crippen LogP contribution < -0.4 is 11.1 Å². The lowest BCUT2D eigenvalue weighted by molar-refractivity contribution is 0.0920. The van der Waals surface area contributed by atoms with E-state index >= 15 is 0 Å². The molecule has 1 aliphatic carbocycles. The third kappa shape index (κ3) is 2.85. The van der Waals surface area contributed by atoms with E-state index in [2.05, 4.69) is 5.32 Å². The lowest BCUT2D eigenvalue weighted by Crippen LogP contribution is -2.49. The first kappa shape index (κ1) is 13.4. The molecule has 4 heteroatoms. The van der Waals surface area contributed by atoms with Gasteiger partial charge in [-0.05, 0) is 37.5 Å². The van der Waals surface area contributed by atoms with E-state index in [0.717, 1.165) is 31.2 Å². The quantitative estimate of drug-likeness (QED) is 0.865. The number of nitrogens with one attached hydrogen (secondary N) is 1. The zero-order valence-corrected chi connectivity index (χ0v) is 11.3. The van der Waals surface area contributed by atoms with Gasteiger partial charge in [-0.25, -0.2) is 0 Å². The van der Waals surface area contributed by atoms with Crippen molar-refractivity contribution >= 4 is 17.5 Å². The lowest BCUT2D eigenvalue weighted by atomic mass is 9.90. The van der Waals surface area contributed by atoms with E-state index in [4.69, 9.17) is 17.3 Å². The molecule has 1 aliphatic rings. The molecule has 2 rings (SSSR count). The number of hydrogen-bond acceptors (Lipinski definition) is 2. The highest BCUT2D eigenvalue weighted by atomic mass is 35.5. The van der Waals surface area contributed by atoms with Gasteiger partial charge in [0.25, 0.3) is 5.91 Å². The number of benzene rings is 1. The Balaban J connectivity index is 2.09. The van der Waals surface area contributed by atoms with Crippen LogP contribution in [0, 0.1) is 6.92 Å². The van der Waals surface area contributed by atoms with Crippen molar-refractivity contribution in [3.05, 3.63) is 34.3 Å². The molecule has 98 valence electrons. The van der Waals surface area contributed by atoms with Gasteiger partial charge < -0.3 is 11.1 Å². The summed E-state index contributed by atoms with van der Waals surface area (Å²) in [6, 6.07) is 5.54. The molecular weight excluding hydrogens is 248 g/mol. The first-order chi connectivity index (χ1) is 8.59. The molecular formula is C14H19ClN2O. The fourth-order valence-electron chi connectivity index (χ4n) is 2.44. The number of hydrogen-bond donors (Lipinski definition) is 2. The zero-order valence-electron chi connectivity index (χ0n) is 10.6. The summed E-state index contributed by atoms with van der Waals surface area (Å²) in [6.07, 6.45) is 4.24. The molecule has 1 aromatic rings. The smallest absolute Gasteiger partial charge is 0.251 e. The molecule has 2 atom stereocenters. The van der Waals surface area contributed by atoms with E-state index in [-0.39, 0.29) is 18.0 Å². The largest absolute Gasteiger partial charge is 0.348 e. The van der Waals surface area contributed by atoms with Crippen molar-refractivity contribution in [3.63, 3.8) is 0 Å². The Morgan fingerprint density at radius 1 is 1.39 bits per heavy atom. The maximum atomic E-state index is 12.2. The number of amides is 1. The van der Waals surface area contributed by atoms with Gasteiger partial charge in [0.15, 0.2) is 0 Å². The summed E-state index contributed by atoms with van der Waals surface area (Å²) < 4.78 is 0. The second-order valence-corrected chi connectivity index (χ2v) is 5.35. The molecule has 1 fully saturated rings. The standard InChI is InChI=1S/C14H19ClN2O/c1-9-10(5-4-6-11(9)15)14(18)17-13-8-3-2-7-12(13)16/h4-6,12-13H,2-3,7-8,16H2,1H3,(H,17,18)/t12-,13-/m1/s1. The predicted molar refractivity (Wildman–Crippen MR) is 73.9 cm³/mol. The van der Waals surface area contributed by atoms with Gasteiger partial charge in [-0.1, -0.05) is 30.5 Å². The SMILES string of the molecule is Cc1c(Cl)cccc1C(=O)N[C@@H]1CCCC[C@H]1N. The highest BCUT2D eigenvalue weighted by Crippen LogP contribution is 2.20. The lowest BCUT2D eigenvalue weighted by Gasteiger charge is -2.29. The van der Waals surface area contributed by atoms with Crippen LogP contribution in [0.5, 0.6) is 0 Å². The van der Waals surface area contributed by atoms with E-state index in [0.29, 0.717) is 10.6 Å². The summed E-state index contributed by atoms with van der Waals surface area (Å²) >= 11 is 6.02. The summed E-state index contributed by atoms with van der Waals surface area (Å²) in [4.78, 5) is 12.2. The summed E-state index contributed by atoms with van der Waals surface area (Å²) in [5.41, 5.74) is 7.49. The summed E-state index contributed by atoms with van der Waals surface area (Å²) in [7, 11) is 0. The molecule has 0 radical (unpaired) electrons. The van der Waals surface area contributed by atoms with Gasteiger partial charge in [0.1, 0.15) is 0 Å². The van der Waals surface area contributed by atoms with Crippen LogP contribution in [0.2, 0.25) is 5.02 Å². The van der Waals surface area contributed by atoms with Gasteiger partial charge in [0.05, 0.1) is 0 Å². The molecule has 0 saturated heterocycles. The van der Waals surface area contributed by atoms with Crippen LogP contribution in [-0.2, 0) is 0 Å². The van der Waals surface area contributed by atoms with E-state index in [1.807, 2.05) is 6.92 Å². The monoisotopic (exact) mass is 266 g/mol. The van der Waals surface area contributed by atoms with Gasteiger partial charge in [-0.15, -0.1) is 0 Å². The highest BCUT2D eigenvalue weighted by Gasteiger charge is 2.24. The number of carbonyl (C=O) groups is 1. The maximum absolute atomic E-state index is 12.2. The Kier molecular flexibility index (Phi) is 4.25. The number of carbonyl (C=O) groups excluding carboxylic acids is 1.